The van der Waals surface area contributed by atoms with Crippen molar-refractivity contribution in [1.29, 1.82) is 0 Å². The van der Waals surface area contributed by atoms with Gasteiger partial charge < -0.3 is 10.1 Å². The molecule has 1 amide bonds. The first-order chi connectivity index (χ1) is 15.7. The largest absolute Gasteiger partial charge is 0.492 e. The number of hydrogen-bond donors (Lipinski definition) is 2. The molecule has 33 heavy (non-hydrogen) atoms. The van der Waals surface area contributed by atoms with Crippen LogP contribution >= 0.6 is 0 Å². The highest BCUT2D eigenvalue weighted by Gasteiger charge is 2.30. The van der Waals surface area contributed by atoms with E-state index in [2.05, 4.69) is 10.8 Å². The molecule has 0 saturated carbocycles. The van der Waals surface area contributed by atoms with E-state index in [1.807, 2.05) is 11.0 Å². The molecule has 0 atom stereocenters. The zero-order valence-electron chi connectivity index (χ0n) is 18.0. The summed E-state index contributed by atoms with van der Waals surface area (Å²) in [4.78, 5) is 19.6. The van der Waals surface area contributed by atoms with Crippen molar-refractivity contribution in [2.24, 2.45) is 0 Å². The van der Waals surface area contributed by atoms with Crippen molar-refractivity contribution in [2.45, 2.75) is 26.1 Å². The molecule has 0 aromatic heterocycles. The number of hydroxylamine groups is 1. The molecule has 2 aromatic rings. The SMILES string of the molecule is CCOc1cc(F)ccc1NC(=O)CN1CC=C(NOCc2cccc(C(F)(F)F)c2)CC1. The molecule has 1 aliphatic heterocycles. The lowest BCUT2D eigenvalue weighted by molar-refractivity contribution is -0.137. The molecule has 0 unspecified atom stereocenters. The maximum absolute atomic E-state index is 13.4. The number of halogens is 4. The third-order valence-corrected chi connectivity index (χ3v) is 4.87. The minimum atomic E-state index is -4.40. The summed E-state index contributed by atoms with van der Waals surface area (Å²) in [6, 6.07) is 8.89. The molecule has 178 valence electrons. The Kier molecular flexibility index (Phi) is 8.29. The minimum absolute atomic E-state index is 0.0206. The Balaban J connectivity index is 1.44. The highest BCUT2D eigenvalue weighted by molar-refractivity contribution is 5.93. The number of ether oxygens (including phenoxy) is 1. The number of nitrogens with one attached hydrogen (secondary N) is 2. The van der Waals surface area contributed by atoms with E-state index in [9.17, 15) is 22.4 Å². The third kappa shape index (κ3) is 7.47. The molecule has 1 aliphatic rings. The van der Waals surface area contributed by atoms with E-state index in [0.717, 1.165) is 17.8 Å². The number of anilines is 1. The van der Waals surface area contributed by atoms with Crippen LogP contribution in [0.4, 0.5) is 23.2 Å². The molecule has 0 aliphatic carbocycles. The summed E-state index contributed by atoms with van der Waals surface area (Å²) in [5.74, 6) is -0.435. The Labute approximate surface area is 189 Å². The van der Waals surface area contributed by atoms with Gasteiger partial charge in [-0.25, -0.2) is 4.39 Å². The van der Waals surface area contributed by atoms with E-state index in [-0.39, 0.29) is 24.8 Å². The molecule has 6 nitrogen and oxygen atoms in total. The average Bonchev–Trinajstić information content (AvgIpc) is 2.77. The van der Waals surface area contributed by atoms with Crippen molar-refractivity contribution < 1.29 is 31.9 Å². The maximum atomic E-state index is 13.4. The van der Waals surface area contributed by atoms with E-state index in [4.69, 9.17) is 9.57 Å². The first-order valence-corrected chi connectivity index (χ1v) is 10.4. The van der Waals surface area contributed by atoms with Crippen LogP contribution in [0, 0.1) is 5.82 Å². The van der Waals surface area contributed by atoms with E-state index < -0.39 is 17.6 Å². The zero-order valence-corrected chi connectivity index (χ0v) is 18.0. The third-order valence-electron chi connectivity index (χ3n) is 4.87. The predicted octanol–water partition coefficient (Wildman–Crippen LogP) is 4.49. The fourth-order valence-electron chi connectivity index (χ4n) is 3.26. The number of rotatable bonds is 9. The van der Waals surface area contributed by atoms with E-state index >= 15 is 0 Å². The number of carbonyl (C=O) groups is 1. The highest BCUT2D eigenvalue weighted by Crippen LogP contribution is 2.29. The topological polar surface area (TPSA) is 62.8 Å². The zero-order chi connectivity index (χ0) is 23.8. The Hall–Kier alpha value is -3.11. The standard InChI is InChI=1S/C23H25F4N3O3/c1-2-32-21-13-18(24)6-7-20(21)28-22(31)14-30-10-8-19(9-11-30)29-33-15-16-4-3-5-17(12-16)23(25,26)27/h3-8,12-13,29H,2,9-11,14-15H2,1H3,(H,28,31). The number of nitrogens with zero attached hydrogens (tertiary/aromatic N) is 1. The van der Waals surface area contributed by atoms with Gasteiger partial charge in [-0.05, 0) is 42.8 Å². The van der Waals surface area contributed by atoms with Crippen LogP contribution in [0.3, 0.4) is 0 Å². The molecule has 0 saturated heterocycles. The van der Waals surface area contributed by atoms with Crippen LogP contribution in [0.2, 0.25) is 0 Å². The summed E-state index contributed by atoms with van der Waals surface area (Å²) in [6.45, 7) is 3.30. The lowest BCUT2D eigenvalue weighted by atomic mass is 10.1. The quantitative estimate of drug-likeness (QED) is 0.420. The smallest absolute Gasteiger partial charge is 0.416 e. The molecule has 1 heterocycles. The van der Waals surface area contributed by atoms with Crippen LogP contribution in [0.15, 0.2) is 54.2 Å². The van der Waals surface area contributed by atoms with Crippen molar-refractivity contribution in [2.75, 3.05) is 31.6 Å². The van der Waals surface area contributed by atoms with Gasteiger partial charge in [0.1, 0.15) is 11.6 Å². The molecule has 2 N–H and O–H groups in total. The van der Waals surface area contributed by atoms with Crippen molar-refractivity contribution in [3.8, 4) is 5.75 Å². The van der Waals surface area contributed by atoms with Crippen LogP contribution in [-0.2, 0) is 22.4 Å². The number of benzene rings is 2. The number of alkyl halides is 3. The highest BCUT2D eigenvalue weighted by atomic mass is 19.4. The van der Waals surface area contributed by atoms with Crippen LogP contribution in [0.5, 0.6) is 5.75 Å². The summed E-state index contributed by atoms with van der Waals surface area (Å²) < 4.78 is 57.1. The number of hydrogen-bond acceptors (Lipinski definition) is 5. The van der Waals surface area contributed by atoms with Crippen molar-refractivity contribution in [3.05, 3.63) is 71.2 Å². The Morgan fingerprint density at radius 2 is 2.00 bits per heavy atom. The number of carbonyl (C=O) groups excluding carboxylic acids is 1. The maximum Gasteiger partial charge on any atom is 0.416 e. The van der Waals surface area contributed by atoms with Gasteiger partial charge in [-0.2, -0.15) is 13.2 Å². The van der Waals surface area contributed by atoms with Gasteiger partial charge in [-0.1, -0.05) is 12.1 Å². The van der Waals surface area contributed by atoms with Crippen molar-refractivity contribution in [3.63, 3.8) is 0 Å². The Morgan fingerprint density at radius 1 is 1.18 bits per heavy atom. The second-order valence-corrected chi connectivity index (χ2v) is 7.43. The molecular weight excluding hydrogens is 442 g/mol. The fraction of sp³-hybridized carbons (Fsp3) is 0.348. The second-order valence-electron chi connectivity index (χ2n) is 7.43. The van der Waals surface area contributed by atoms with Gasteiger partial charge in [0.2, 0.25) is 5.91 Å². The molecule has 3 rings (SSSR count). The van der Waals surface area contributed by atoms with Crippen molar-refractivity contribution in [1.82, 2.24) is 10.4 Å². The molecule has 10 heteroatoms. The molecule has 0 spiro atoms. The molecule has 0 bridgehead atoms. The summed E-state index contributed by atoms with van der Waals surface area (Å²) in [5.41, 5.74) is 3.64. The first-order valence-electron chi connectivity index (χ1n) is 10.4. The molecular formula is C23H25F4N3O3. The van der Waals surface area contributed by atoms with Gasteiger partial charge in [-0.3, -0.25) is 20.0 Å². The normalized spacial score (nSPS) is 14.5. The Morgan fingerprint density at radius 3 is 2.70 bits per heavy atom. The molecule has 0 fully saturated rings. The fourth-order valence-corrected chi connectivity index (χ4v) is 3.26. The first kappa shape index (κ1) is 24.5. The predicted molar refractivity (Wildman–Crippen MR) is 115 cm³/mol. The van der Waals surface area contributed by atoms with Gasteiger partial charge in [0.15, 0.2) is 0 Å². The van der Waals surface area contributed by atoms with Crippen LogP contribution in [0.1, 0.15) is 24.5 Å². The average molecular weight is 467 g/mol. The monoisotopic (exact) mass is 467 g/mol. The molecule has 0 radical (unpaired) electrons. The minimum Gasteiger partial charge on any atom is -0.492 e. The van der Waals surface area contributed by atoms with Crippen LogP contribution in [-0.4, -0.2) is 37.0 Å². The summed E-state index contributed by atoms with van der Waals surface area (Å²) in [7, 11) is 0. The van der Waals surface area contributed by atoms with Gasteiger partial charge >= 0.3 is 6.18 Å². The second kappa shape index (κ2) is 11.2. The summed E-state index contributed by atoms with van der Waals surface area (Å²) >= 11 is 0. The van der Waals surface area contributed by atoms with Gasteiger partial charge in [-0.15, -0.1) is 0 Å². The van der Waals surface area contributed by atoms with Gasteiger partial charge in [0.05, 0.1) is 31.0 Å². The summed E-state index contributed by atoms with van der Waals surface area (Å²) in [6.07, 6.45) is -1.96. The van der Waals surface area contributed by atoms with Crippen molar-refractivity contribution >= 4 is 11.6 Å². The lowest BCUT2D eigenvalue weighted by Gasteiger charge is -2.26. The Bertz CT molecular complexity index is 995. The van der Waals surface area contributed by atoms with Crippen LogP contribution in [0.25, 0.3) is 0 Å². The lowest BCUT2D eigenvalue weighted by Crippen LogP contribution is -2.37. The van der Waals surface area contributed by atoms with Gasteiger partial charge in [0.25, 0.3) is 0 Å². The van der Waals surface area contributed by atoms with E-state index in [0.29, 0.717) is 37.4 Å². The van der Waals surface area contributed by atoms with E-state index in [1.54, 1.807) is 13.0 Å². The number of amides is 1. The summed E-state index contributed by atoms with van der Waals surface area (Å²) in [5, 5.41) is 2.74. The molecule has 2 aromatic carbocycles. The van der Waals surface area contributed by atoms with E-state index in [1.165, 1.54) is 24.3 Å². The van der Waals surface area contributed by atoms with Gasteiger partial charge in [0, 0.05) is 31.3 Å². The van der Waals surface area contributed by atoms with Crippen LogP contribution < -0.4 is 15.5 Å².